The number of anilines is 1. The molecule has 1 aromatic carbocycles. The third-order valence-corrected chi connectivity index (χ3v) is 4.83. The van der Waals surface area contributed by atoms with Crippen molar-refractivity contribution in [3.63, 3.8) is 0 Å². The summed E-state index contributed by atoms with van der Waals surface area (Å²) < 4.78 is 5.37. The monoisotopic (exact) mass is 329 g/mol. The third kappa shape index (κ3) is 3.97. The fourth-order valence-electron chi connectivity index (χ4n) is 3.41. The van der Waals surface area contributed by atoms with Gasteiger partial charge in [-0.1, -0.05) is 12.5 Å². The predicted octanol–water partition coefficient (Wildman–Crippen LogP) is 2.89. The van der Waals surface area contributed by atoms with E-state index in [4.69, 9.17) is 4.74 Å². The highest BCUT2D eigenvalue weighted by molar-refractivity contribution is 5.91. The number of piperidine rings is 1. The number of benzene rings is 1. The van der Waals surface area contributed by atoms with Gasteiger partial charge in [0.05, 0.1) is 24.4 Å². The number of aromatic nitrogens is 1. The van der Waals surface area contributed by atoms with Crippen LogP contribution >= 0.6 is 0 Å². The Labute approximate surface area is 143 Å². The van der Waals surface area contributed by atoms with Gasteiger partial charge in [-0.05, 0) is 38.4 Å². The van der Waals surface area contributed by atoms with E-state index in [2.05, 4.69) is 22.1 Å². The lowest BCUT2D eigenvalue weighted by Crippen LogP contribution is -2.43. The van der Waals surface area contributed by atoms with Crippen molar-refractivity contribution in [2.24, 2.45) is 0 Å². The van der Waals surface area contributed by atoms with Crippen molar-refractivity contribution in [3.05, 3.63) is 30.5 Å². The highest BCUT2D eigenvalue weighted by Gasteiger charge is 2.20. The Balaban J connectivity index is 1.66. The minimum Gasteiger partial charge on any atom is -0.497 e. The molecule has 3 rings (SSSR count). The number of β-amino-alcohol motifs (C(OH)–C–C–N with tert-alkyl or cyclic N) is 1. The van der Waals surface area contributed by atoms with Crippen molar-refractivity contribution in [1.82, 2.24) is 9.88 Å². The number of ether oxygens (including phenoxy) is 1. The van der Waals surface area contributed by atoms with E-state index in [1.54, 1.807) is 13.3 Å². The Bertz CT molecular complexity index is 677. The third-order valence-electron chi connectivity index (χ3n) is 4.83. The van der Waals surface area contributed by atoms with Crippen LogP contribution < -0.4 is 10.1 Å². The molecule has 0 amide bonds. The molecule has 0 radical (unpaired) electrons. The summed E-state index contributed by atoms with van der Waals surface area (Å²) >= 11 is 0. The molecule has 0 spiro atoms. The van der Waals surface area contributed by atoms with Gasteiger partial charge in [0.15, 0.2) is 0 Å². The van der Waals surface area contributed by atoms with Gasteiger partial charge >= 0.3 is 0 Å². The Morgan fingerprint density at radius 1 is 1.42 bits per heavy atom. The van der Waals surface area contributed by atoms with E-state index in [0.29, 0.717) is 19.1 Å². The summed E-state index contributed by atoms with van der Waals surface area (Å²) in [7, 11) is 1.66. The number of methoxy groups -OCH3 is 1. The Hall–Kier alpha value is -1.85. The number of aliphatic hydroxyl groups is 1. The number of rotatable bonds is 6. The number of pyridine rings is 1. The first kappa shape index (κ1) is 17.0. The first-order valence-corrected chi connectivity index (χ1v) is 8.76. The maximum absolute atomic E-state index is 10.4. The molecule has 1 aliphatic rings. The number of hydrogen-bond donors (Lipinski definition) is 2. The van der Waals surface area contributed by atoms with E-state index < -0.39 is 6.10 Å². The molecule has 0 bridgehead atoms. The smallest absolute Gasteiger partial charge is 0.121 e. The SMILES string of the molecule is COc1cc(NC[C@@H](O)CN2CCCC[C@H]2C)c2ncccc2c1. The average molecular weight is 329 g/mol. The van der Waals surface area contributed by atoms with Crippen LogP contribution in [0.25, 0.3) is 10.9 Å². The molecule has 1 aliphatic heterocycles. The van der Waals surface area contributed by atoms with Gasteiger partial charge in [0, 0.05) is 36.8 Å². The van der Waals surface area contributed by atoms with Crippen molar-refractivity contribution >= 4 is 16.6 Å². The number of hydrogen-bond acceptors (Lipinski definition) is 5. The van der Waals surface area contributed by atoms with Crippen molar-refractivity contribution in [2.45, 2.75) is 38.3 Å². The lowest BCUT2D eigenvalue weighted by Gasteiger charge is -2.34. The van der Waals surface area contributed by atoms with E-state index in [1.807, 2.05) is 24.3 Å². The highest BCUT2D eigenvalue weighted by Crippen LogP contribution is 2.27. The molecule has 0 saturated carbocycles. The number of fused-ring (bicyclic) bond motifs is 1. The molecule has 0 aliphatic carbocycles. The van der Waals surface area contributed by atoms with Gasteiger partial charge in [-0.2, -0.15) is 0 Å². The van der Waals surface area contributed by atoms with Crippen LogP contribution in [0.15, 0.2) is 30.5 Å². The van der Waals surface area contributed by atoms with Gasteiger partial charge in [0.1, 0.15) is 5.75 Å². The zero-order valence-corrected chi connectivity index (χ0v) is 14.5. The van der Waals surface area contributed by atoms with Gasteiger partial charge in [0.2, 0.25) is 0 Å². The molecule has 0 unspecified atom stereocenters. The van der Waals surface area contributed by atoms with Crippen molar-refractivity contribution in [3.8, 4) is 5.75 Å². The Morgan fingerprint density at radius 3 is 3.08 bits per heavy atom. The molecule has 130 valence electrons. The first-order chi connectivity index (χ1) is 11.7. The van der Waals surface area contributed by atoms with Crippen LogP contribution in [0, 0.1) is 0 Å². The Kier molecular flexibility index (Phi) is 5.53. The maximum atomic E-state index is 10.4. The maximum Gasteiger partial charge on any atom is 0.121 e. The van der Waals surface area contributed by atoms with Crippen LogP contribution in [0.2, 0.25) is 0 Å². The fourth-order valence-corrected chi connectivity index (χ4v) is 3.41. The van der Waals surface area contributed by atoms with Gasteiger partial charge in [-0.15, -0.1) is 0 Å². The largest absolute Gasteiger partial charge is 0.497 e. The van der Waals surface area contributed by atoms with E-state index in [9.17, 15) is 5.11 Å². The molecule has 5 nitrogen and oxygen atoms in total. The van der Waals surface area contributed by atoms with Crippen LogP contribution in [-0.2, 0) is 0 Å². The topological polar surface area (TPSA) is 57.6 Å². The number of nitrogens with one attached hydrogen (secondary N) is 1. The lowest BCUT2D eigenvalue weighted by molar-refractivity contribution is 0.0801. The van der Waals surface area contributed by atoms with Crippen LogP contribution in [0.5, 0.6) is 5.75 Å². The summed E-state index contributed by atoms with van der Waals surface area (Å²) in [5.74, 6) is 0.789. The van der Waals surface area contributed by atoms with Crippen LogP contribution in [0.3, 0.4) is 0 Å². The van der Waals surface area contributed by atoms with Crippen molar-refractivity contribution in [2.75, 3.05) is 32.1 Å². The summed E-state index contributed by atoms with van der Waals surface area (Å²) in [5, 5.41) is 14.8. The van der Waals surface area contributed by atoms with Crippen molar-refractivity contribution < 1.29 is 9.84 Å². The molecule has 2 atom stereocenters. The van der Waals surface area contributed by atoms with Crippen molar-refractivity contribution in [1.29, 1.82) is 0 Å². The molecule has 1 aromatic heterocycles. The minimum atomic E-state index is -0.407. The van der Waals surface area contributed by atoms with Crippen LogP contribution in [0.4, 0.5) is 5.69 Å². The van der Waals surface area contributed by atoms with Gasteiger partial charge < -0.3 is 15.2 Å². The summed E-state index contributed by atoms with van der Waals surface area (Å²) in [6.45, 7) is 4.55. The van der Waals surface area contributed by atoms with Crippen LogP contribution in [0.1, 0.15) is 26.2 Å². The molecular formula is C19H27N3O2. The standard InChI is InChI=1S/C19H27N3O2/c1-14-6-3-4-9-22(14)13-16(23)12-21-18-11-17(24-2)10-15-7-5-8-20-19(15)18/h5,7-8,10-11,14,16,21,23H,3-4,6,9,12-13H2,1-2H3/t14-,16-/m1/s1. The van der Waals surface area contributed by atoms with Gasteiger partial charge in [-0.25, -0.2) is 0 Å². The quantitative estimate of drug-likeness (QED) is 0.853. The molecule has 5 heteroatoms. The zero-order chi connectivity index (χ0) is 16.9. The van der Waals surface area contributed by atoms with E-state index in [0.717, 1.165) is 28.9 Å². The summed E-state index contributed by atoms with van der Waals surface area (Å²) in [4.78, 5) is 6.84. The highest BCUT2D eigenvalue weighted by atomic mass is 16.5. The molecule has 24 heavy (non-hydrogen) atoms. The average Bonchev–Trinajstić information content (AvgIpc) is 2.61. The Morgan fingerprint density at radius 2 is 2.29 bits per heavy atom. The second-order valence-electron chi connectivity index (χ2n) is 6.62. The van der Waals surface area contributed by atoms with Gasteiger partial charge in [-0.3, -0.25) is 9.88 Å². The van der Waals surface area contributed by atoms with E-state index in [-0.39, 0.29) is 0 Å². The minimum absolute atomic E-state index is 0.407. The second-order valence-corrected chi connectivity index (χ2v) is 6.62. The first-order valence-electron chi connectivity index (χ1n) is 8.76. The molecule has 2 N–H and O–H groups in total. The lowest BCUT2D eigenvalue weighted by atomic mass is 10.0. The zero-order valence-electron chi connectivity index (χ0n) is 14.5. The summed E-state index contributed by atoms with van der Waals surface area (Å²) in [6.07, 6.45) is 5.13. The summed E-state index contributed by atoms with van der Waals surface area (Å²) in [5.41, 5.74) is 1.80. The molecule has 2 heterocycles. The molecular weight excluding hydrogens is 302 g/mol. The number of nitrogens with zero attached hydrogens (tertiary/aromatic N) is 2. The van der Waals surface area contributed by atoms with Gasteiger partial charge in [0.25, 0.3) is 0 Å². The number of aliphatic hydroxyl groups excluding tert-OH is 1. The van der Waals surface area contributed by atoms with E-state index >= 15 is 0 Å². The summed E-state index contributed by atoms with van der Waals surface area (Å²) in [6, 6.07) is 8.40. The molecule has 1 saturated heterocycles. The molecule has 1 fully saturated rings. The molecule has 2 aromatic rings. The second kappa shape index (κ2) is 7.81. The number of likely N-dealkylation sites (tertiary alicyclic amines) is 1. The predicted molar refractivity (Wildman–Crippen MR) is 97.7 cm³/mol. The van der Waals surface area contributed by atoms with E-state index in [1.165, 1.54) is 19.3 Å². The normalized spacial score (nSPS) is 20.0. The van der Waals surface area contributed by atoms with Crippen LogP contribution in [-0.4, -0.2) is 53.9 Å². The fraction of sp³-hybridized carbons (Fsp3) is 0.526.